The van der Waals surface area contributed by atoms with Crippen LogP contribution in [0.5, 0.6) is 0 Å². The van der Waals surface area contributed by atoms with Gasteiger partial charge in [0.05, 0.1) is 13.2 Å². The Balaban J connectivity index is 1.39. The molecule has 2 fully saturated rings. The van der Waals surface area contributed by atoms with Crippen LogP contribution in [0.15, 0.2) is 29.3 Å². The second-order valence-electron chi connectivity index (χ2n) is 8.20. The number of hydrogen-bond donors (Lipinski definition) is 2. The summed E-state index contributed by atoms with van der Waals surface area (Å²) in [5.41, 5.74) is 8.57. The number of nitrogens with two attached hydrogens (primary N) is 1. The summed E-state index contributed by atoms with van der Waals surface area (Å²) >= 11 is 0. The van der Waals surface area contributed by atoms with E-state index >= 15 is 0 Å². The summed E-state index contributed by atoms with van der Waals surface area (Å²) in [6.07, 6.45) is 1.46. The first-order valence-corrected chi connectivity index (χ1v) is 11.0. The first kappa shape index (κ1) is 22.4. The summed E-state index contributed by atoms with van der Waals surface area (Å²) < 4.78 is 5.05. The molecular formula is C22H36N6O2. The van der Waals surface area contributed by atoms with Gasteiger partial charge in [-0.3, -0.25) is 4.90 Å². The average molecular weight is 417 g/mol. The quantitative estimate of drug-likeness (QED) is 0.539. The Morgan fingerprint density at radius 1 is 1.10 bits per heavy atom. The van der Waals surface area contributed by atoms with E-state index in [-0.39, 0.29) is 12.1 Å². The van der Waals surface area contributed by atoms with Gasteiger partial charge in [-0.25, -0.2) is 9.79 Å². The van der Waals surface area contributed by atoms with Crippen LogP contribution in [0.25, 0.3) is 0 Å². The van der Waals surface area contributed by atoms with Gasteiger partial charge in [-0.2, -0.15) is 0 Å². The molecule has 0 aromatic heterocycles. The van der Waals surface area contributed by atoms with Gasteiger partial charge >= 0.3 is 6.09 Å². The molecule has 0 spiro atoms. The first-order chi connectivity index (χ1) is 14.5. The maximum atomic E-state index is 11.8. The van der Waals surface area contributed by atoms with Crippen LogP contribution in [0, 0.1) is 0 Å². The maximum absolute atomic E-state index is 11.8. The minimum atomic E-state index is -0.228. The minimum absolute atomic E-state index is 0.228. The van der Waals surface area contributed by atoms with Crippen LogP contribution in [0.2, 0.25) is 0 Å². The zero-order chi connectivity index (χ0) is 21.3. The zero-order valence-electron chi connectivity index (χ0n) is 18.3. The molecule has 2 aliphatic rings. The topological polar surface area (TPSA) is 86.4 Å². The van der Waals surface area contributed by atoms with E-state index in [9.17, 15) is 4.79 Å². The van der Waals surface area contributed by atoms with Gasteiger partial charge in [0.2, 0.25) is 0 Å². The van der Waals surface area contributed by atoms with Crippen molar-refractivity contribution >= 4 is 12.1 Å². The number of ether oxygens (including phenoxy) is 1. The molecule has 0 radical (unpaired) electrons. The molecule has 3 rings (SSSR count). The Morgan fingerprint density at radius 2 is 1.73 bits per heavy atom. The minimum Gasteiger partial charge on any atom is -0.450 e. The molecule has 0 aliphatic carbocycles. The van der Waals surface area contributed by atoms with Gasteiger partial charge < -0.3 is 25.6 Å². The number of guanidine groups is 1. The van der Waals surface area contributed by atoms with Crippen LogP contribution in [-0.4, -0.2) is 85.7 Å². The van der Waals surface area contributed by atoms with Crippen molar-refractivity contribution in [2.24, 2.45) is 10.7 Å². The van der Waals surface area contributed by atoms with Crippen LogP contribution in [-0.2, 0) is 17.8 Å². The van der Waals surface area contributed by atoms with Gasteiger partial charge in [0.25, 0.3) is 0 Å². The lowest BCUT2D eigenvalue weighted by Gasteiger charge is -2.32. The molecule has 1 aromatic rings. The molecule has 1 amide bonds. The Morgan fingerprint density at radius 3 is 2.37 bits per heavy atom. The lowest BCUT2D eigenvalue weighted by atomic mass is 10.1. The van der Waals surface area contributed by atoms with E-state index in [4.69, 9.17) is 10.5 Å². The molecule has 2 heterocycles. The van der Waals surface area contributed by atoms with Crippen LogP contribution in [0.1, 0.15) is 30.9 Å². The SMILES string of the molecule is CCOC(=O)N1CCC(NC(N)=NCc2ccc(CN3CCN(C)CC3)cc2)CC1. The summed E-state index contributed by atoms with van der Waals surface area (Å²) in [5, 5.41) is 3.29. The third-order valence-electron chi connectivity index (χ3n) is 5.83. The van der Waals surface area contributed by atoms with Crippen molar-refractivity contribution in [2.75, 3.05) is 52.9 Å². The molecule has 8 nitrogen and oxygen atoms in total. The Bertz CT molecular complexity index is 692. The number of amides is 1. The summed E-state index contributed by atoms with van der Waals surface area (Å²) in [6, 6.07) is 8.90. The van der Waals surface area contributed by atoms with Gasteiger partial charge in [0.1, 0.15) is 0 Å². The van der Waals surface area contributed by atoms with Crippen molar-refractivity contribution in [3.8, 4) is 0 Å². The number of likely N-dealkylation sites (tertiary alicyclic amines) is 1. The van der Waals surface area contributed by atoms with E-state index in [1.54, 1.807) is 4.90 Å². The van der Waals surface area contributed by atoms with E-state index in [1.165, 1.54) is 5.56 Å². The lowest BCUT2D eigenvalue weighted by molar-refractivity contribution is 0.0963. The van der Waals surface area contributed by atoms with E-state index in [1.807, 2.05) is 6.92 Å². The van der Waals surface area contributed by atoms with Crippen molar-refractivity contribution in [1.82, 2.24) is 20.0 Å². The third-order valence-corrected chi connectivity index (χ3v) is 5.83. The van der Waals surface area contributed by atoms with Gasteiger partial charge in [-0.05, 0) is 37.9 Å². The molecule has 0 unspecified atom stereocenters. The van der Waals surface area contributed by atoms with Crippen molar-refractivity contribution in [2.45, 2.75) is 38.9 Å². The van der Waals surface area contributed by atoms with Crippen molar-refractivity contribution in [3.05, 3.63) is 35.4 Å². The second-order valence-corrected chi connectivity index (χ2v) is 8.20. The fraction of sp³-hybridized carbons (Fsp3) is 0.636. The molecule has 0 bridgehead atoms. The van der Waals surface area contributed by atoms with Gasteiger partial charge in [-0.15, -0.1) is 0 Å². The Kier molecular flexibility index (Phi) is 8.33. The van der Waals surface area contributed by atoms with Crippen molar-refractivity contribution in [3.63, 3.8) is 0 Å². The van der Waals surface area contributed by atoms with Crippen LogP contribution < -0.4 is 11.1 Å². The zero-order valence-corrected chi connectivity index (χ0v) is 18.3. The van der Waals surface area contributed by atoms with Crippen LogP contribution in [0.3, 0.4) is 0 Å². The number of rotatable bonds is 6. The van der Waals surface area contributed by atoms with Crippen LogP contribution >= 0.6 is 0 Å². The number of benzene rings is 1. The Hall–Kier alpha value is -2.32. The first-order valence-electron chi connectivity index (χ1n) is 11.0. The predicted octanol–water partition coefficient (Wildman–Crippen LogP) is 1.46. The molecular weight excluding hydrogens is 380 g/mol. The van der Waals surface area contributed by atoms with E-state index in [0.717, 1.165) is 51.1 Å². The molecule has 30 heavy (non-hydrogen) atoms. The number of piperazine rings is 1. The predicted molar refractivity (Wildman–Crippen MR) is 119 cm³/mol. The highest BCUT2D eigenvalue weighted by molar-refractivity contribution is 5.78. The number of nitrogens with zero attached hydrogens (tertiary/aromatic N) is 4. The molecule has 0 saturated carbocycles. The molecule has 3 N–H and O–H groups in total. The van der Waals surface area contributed by atoms with Gasteiger partial charge in [0.15, 0.2) is 5.96 Å². The highest BCUT2D eigenvalue weighted by Gasteiger charge is 2.23. The third kappa shape index (κ3) is 6.88. The average Bonchev–Trinajstić information content (AvgIpc) is 2.75. The number of likely N-dealkylation sites (N-methyl/N-ethyl adjacent to an activating group) is 1. The van der Waals surface area contributed by atoms with E-state index < -0.39 is 0 Å². The maximum Gasteiger partial charge on any atom is 0.409 e. The molecule has 0 atom stereocenters. The number of piperidine rings is 1. The van der Waals surface area contributed by atoms with E-state index in [0.29, 0.717) is 32.2 Å². The molecule has 2 aliphatic heterocycles. The highest BCUT2D eigenvalue weighted by Crippen LogP contribution is 2.12. The highest BCUT2D eigenvalue weighted by atomic mass is 16.6. The van der Waals surface area contributed by atoms with Crippen LogP contribution in [0.4, 0.5) is 4.79 Å². The van der Waals surface area contributed by atoms with E-state index in [2.05, 4.69) is 51.4 Å². The van der Waals surface area contributed by atoms with Gasteiger partial charge in [0, 0.05) is 51.9 Å². The van der Waals surface area contributed by atoms with Gasteiger partial charge in [-0.1, -0.05) is 24.3 Å². The standard InChI is InChI=1S/C22H36N6O2/c1-3-30-22(29)28-10-8-20(9-11-28)25-21(23)24-16-18-4-6-19(7-5-18)17-27-14-12-26(2)13-15-27/h4-7,20H,3,8-17H2,1-2H3,(H3,23,24,25). The Labute approximate surface area is 180 Å². The molecule has 2 saturated heterocycles. The van der Waals surface area contributed by atoms with Crippen molar-refractivity contribution in [1.29, 1.82) is 0 Å². The number of aliphatic imine (C=N–C) groups is 1. The van der Waals surface area contributed by atoms with Crippen molar-refractivity contribution < 1.29 is 9.53 Å². The summed E-state index contributed by atoms with van der Waals surface area (Å²) in [7, 11) is 2.18. The number of carbonyl (C=O) groups excluding carboxylic acids is 1. The summed E-state index contributed by atoms with van der Waals surface area (Å²) in [4.78, 5) is 22.9. The number of carbonyl (C=O) groups is 1. The molecule has 166 valence electrons. The monoisotopic (exact) mass is 416 g/mol. The fourth-order valence-corrected chi connectivity index (χ4v) is 3.87. The second kappa shape index (κ2) is 11.2. The summed E-state index contributed by atoms with van der Waals surface area (Å²) in [6.45, 7) is 9.70. The molecule has 8 heteroatoms. The fourth-order valence-electron chi connectivity index (χ4n) is 3.87. The summed E-state index contributed by atoms with van der Waals surface area (Å²) in [5.74, 6) is 0.464. The lowest BCUT2D eigenvalue weighted by Crippen LogP contribution is -2.48. The normalized spacial score (nSPS) is 19.7. The smallest absolute Gasteiger partial charge is 0.409 e. The molecule has 1 aromatic carbocycles. The number of nitrogens with one attached hydrogen (secondary N) is 1. The number of hydrogen-bond acceptors (Lipinski definition) is 5. The largest absolute Gasteiger partial charge is 0.450 e.